The quantitative estimate of drug-likeness (QED) is 0.601. The molecule has 0 heteroatoms. The minimum absolute atomic E-state index is 0.00551. The van der Waals surface area contributed by atoms with Crippen molar-refractivity contribution in [1.29, 1.82) is 0 Å². The number of fused-ring (bicyclic) bond motifs is 1. The van der Waals surface area contributed by atoms with Crippen molar-refractivity contribution in [2.45, 2.75) is 25.2 Å². The van der Waals surface area contributed by atoms with Gasteiger partial charge in [-0.2, -0.15) is 0 Å². The van der Waals surface area contributed by atoms with E-state index in [1.54, 1.807) is 0 Å². The zero-order chi connectivity index (χ0) is 15.0. The van der Waals surface area contributed by atoms with Crippen molar-refractivity contribution in [3.63, 3.8) is 0 Å². The first-order chi connectivity index (χ1) is 10.8. The Morgan fingerprint density at radius 1 is 0.682 bits per heavy atom. The van der Waals surface area contributed by atoms with Crippen molar-refractivity contribution in [2.24, 2.45) is 0 Å². The van der Waals surface area contributed by atoms with Crippen molar-refractivity contribution in [1.82, 2.24) is 0 Å². The first kappa shape index (κ1) is 13.3. The second kappa shape index (κ2) is 5.14. The number of aryl methyl sites for hydroxylation is 2. The smallest absolute Gasteiger partial charge is 0.0457 e. The van der Waals surface area contributed by atoms with E-state index in [1.807, 2.05) is 0 Å². The van der Waals surface area contributed by atoms with E-state index in [4.69, 9.17) is 0 Å². The Labute approximate surface area is 132 Å². The molecular formula is C22H20. The third kappa shape index (κ3) is 1.91. The molecule has 3 aromatic carbocycles. The number of hydrogen-bond acceptors (Lipinski definition) is 0. The Morgan fingerprint density at radius 3 is 2.09 bits per heavy atom. The second-order valence-electron chi connectivity index (χ2n) is 6.29. The molecule has 3 aromatic rings. The van der Waals surface area contributed by atoms with Gasteiger partial charge in [-0.15, -0.1) is 0 Å². The lowest BCUT2D eigenvalue weighted by Crippen LogP contribution is -2.26. The summed E-state index contributed by atoms with van der Waals surface area (Å²) in [6.45, 7) is 2.15. The summed E-state index contributed by atoms with van der Waals surface area (Å²) in [4.78, 5) is 0. The van der Waals surface area contributed by atoms with Gasteiger partial charge in [0, 0.05) is 5.41 Å². The topological polar surface area (TPSA) is 0 Å². The molecule has 0 radical (unpaired) electrons. The molecule has 4 rings (SSSR count). The van der Waals surface area contributed by atoms with Crippen LogP contribution >= 0.6 is 0 Å². The average Bonchev–Trinajstić information content (AvgIpc) is 2.97. The summed E-state index contributed by atoms with van der Waals surface area (Å²) in [5.74, 6) is 0. The highest BCUT2D eigenvalue weighted by molar-refractivity contribution is 5.56. The van der Waals surface area contributed by atoms with Crippen molar-refractivity contribution in [2.75, 3.05) is 0 Å². The van der Waals surface area contributed by atoms with Crippen LogP contribution in [0.4, 0.5) is 0 Å². The molecule has 0 aromatic heterocycles. The van der Waals surface area contributed by atoms with Gasteiger partial charge in [0.1, 0.15) is 0 Å². The molecule has 0 fully saturated rings. The fraction of sp³-hybridized carbons (Fsp3) is 0.182. The van der Waals surface area contributed by atoms with E-state index in [0.717, 1.165) is 12.8 Å². The van der Waals surface area contributed by atoms with Crippen LogP contribution in [-0.4, -0.2) is 0 Å². The molecule has 0 spiro atoms. The Hall–Kier alpha value is -2.34. The van der Waals surface area contributed by atoms with E-state index in [2.05, 4.69) is 85.8 Å². The molecule has 0 saturated heterocycles. The van der Waals surface area contributed by atoms with Gasteiger partial charge in [0.25, 0.3) is 0 Å². The highest BCUT2D eigenvalue weighted by atomic mass is 14.4. The van der Waals surface area contributed by atoms with Crippen LogP contribution in [0, 0.1) is 6.92 Å². The minimum atomic E-state index is 0.00551. The molecule has 22 heavy (non-hydrogen) atoms. The molecule has 1 aliphatic carbocycles. The standard InChI is InChI=1S/C22H20/c1-17-11-13-20(14-12-17)22(19-8-3-2-4-9-19)16-15-18-7-5-6-10-21(18)22/h2-14H,15-16H2,1H3. The van der Waals surface area contributed by atoms with Gasteiger partial charge in [-0.3, -0.25) is 0 Å². The molecule has 1 unspecified atom stereocenters. The normalized spacial score (nSPS) is 19.9. The molecule has 1 aliphatic rings. The number of benzene rings is 3. The van der Waals surface area contributed by atoms with Crippen LogP contribution in [-0.2, 0) is 11.8 Å². The summed E-state index contributed by atoms with van der Waals surface area (Å²) in [6, 6.07) is 29.0. The maximum Gasteiger partial charge on any atom is 0.0457 e. The third-order valence-electron chi connectivity index (χ3n) is 5.06. The van der Waals surface area contributed by atoms with E-state index < -0.39 is 0 Å². The number of rotatable bonds is 2. The van der Waals surface area contributed by atoms with Gasteiger partial charge in [0.2, 0.25) is 0 Å². The molecule has 0 saturated carbocycles. The molecule has 0 N–H and O–H groups in total. The predicted molar refractivity (Wildman–Crippen MR) is 92.3 cm³/mol. The summed E-state index contributed by atoms with van der Waals surface area (Å²) in [7, 11) is 0. The summed E-state index contributed by atoms with van der Waals surface area (Å²) >= 11 is 0. The lowest BCUT2D eigenvalue weighted by Gasteiger charge is -2.32. The molecule has 1 atom stereocenters. The van der Waals surface area contributed by atoms with Crippen LogP contribution in [0.1, 0.15) is 34.2 Å². The summed E-state index contributed by atoms with van der Waals surface area (Å²) in [5, 5.41) is 0. The van der Waals surface area contributed by atoms with E-state index in [9.17, 15) is 0 Å². The Kier molecular flexibility index (Phi) is 3.11. The van der Waals surface area contributed by atoms with Crippen molar-refractivity contribution < 1.29 is 0 Å². The van der Waals surface area contributed by atoms with Gasteiger partial charge in [0.05, 0.1) is 0 Å². The van der Waals surface area contributed by atoms with Gasteiger partial charge in [-0.1, -0.05) is 84.4 Å². The molecule has 0 heterocycles. The minimum Gasteiger partial charge on any atom is -0.0622 e. The molecule has 0 aliphatic heterocycles. The van der Waals surface area contributed by atoms with Gasteiger partial charge in [0.15, 0.2) is 0 Å². The van der Waals surface area contributed by atoms with Crippen LogP contribution in [0.2, 0.25) is 0 Å². The van der Waals surface area contributed by atoms with Crippen LogP contribution in [0.25, 0.3) is 0 Å². The van der Waals surface area contributed by atoms with Crippen molar-refractivity contribution in [3.05, 3.63) is 107 Å². The van der Waals surface area contributed by atoms with Crippen molar-refractivity contribution >= 4 is 0 Å². The Balaban J connectivity index is 2.00. The second-order valence-corrected chi connectivity index (χ2v) is 6.29. The van der Waals surface area contributed by atoms with Crippen LogP contribution in [0.15, 0.2) is 78.9 Å². The first-order valence-corrected chi connectivity index (χ1v) is 8.02. The van der Waals surface area contributed by atoms with Crippen LogP contribution in [0.5, 0.6) is 0 Å². The summed E-state index contributed by atoms with van der Waals surface area (Å²) in [5.41, 5.74) is 7.11. The zero-order valence-electron chi connectivity index (χ0n) is 12.9. The van der Waals surface area contributed by atoms with E-state index >= 15 is 0 Å². The average molecular weight is 284 g/mol. The third-order valence-corrected chi connectivity index (χ3v) is 5.06. The highest BCUT2D eigenvalue weighted by Crippen LogP contribution is 2.48. The van der Waals surface area contributed by atoms with Crippen LogP contribution < -0.4 is 0 Å². The predicted octanol–water partition coefficient (Wildman–Crippen LogP) is 5.28. The Bertz CT molecular complexity index is 784. The van der Waals surface area contributed by atoms with E-state index in [-0.39, 0.29) is 5.41 Å². The molecule has 0 amide bonds. The molecule has 0 bridgehead atoms. The van der Waals surface area contributed by atoms with Crippen LogP contribution in [0.3, 0.4) is 0 Å². The maximum absolute atomic E-state index is 2.31. The number of hydrogen-bond donors (Lipinski definition) is 0. The van der Waals surface area contributed by atoms with E-state index in [0.29, 0.717) is 0 Å². The summed E-state index contributed by atoms with van der Waals surface area (Å²) in [6.07, 6.45) is 2.30. The van der Waals surface area contributed by atoms with Gasteiger partial charge in [-0.05, 0) is 42.0 Å². The van der Waals surface area contributed by atoms with Crippen molar-refractivity contribution in [3.8, 4) is 0 Å². The first-order valence-electron chi connectivity index (χ1n) is 8.02. The lowest BCUT2D eigenvalue weighted by atomic mass is 9.70. The lowest BCUT2D eigenvalue weighted by molar-refractivity contribution is 0.610. The summed E-state index contributed by atoms with van der Waals surface area (Å²) < 4.78 is 0. The molecule has 108 valence electrons. The maximum atomic E-state index is 2.31. The zero-order valence-corrected chi connectivity index (χ0v) is 12.9. The van der Waals surface area contributed by atoms with Gasteiger partial charge < -0.3 is 0 Å². The van der Waals surface area contributed by atoms with Gasteiger partial charge >= 0.3 is 0 Å². The Morgan fingerprint density at radius 2 is 1.32 bits per heavy atom. The molecule has 0 nitrogen and oxygen atoms in total. The fourth-order valence-corrected chi connectivity index (χ4v) is 3.94. The fourth-order valence-electron chi connectivity index (χ4n) is 3.94. The van der Waals surface area contributed by atoms with E-state index in [1.165, 1.54) is 27.8 Å². The SMILES string of the molecule is Cc1ccc(C2(c3ccccc3)CCc3ccccc32)cc1. The van der Waals surface area contributed by atoms with Gasteiger partial charge in [-0.25, -0.2) is 0 Å². The molecular weight excluding hydrogens is 264 g/mol. The monoisotopic (exact) mass is 284 g/mol. The largest absolute Gasteiger partial charge is 0.0622 e. The highest BCUT2D eigenvalue weighted by Gasteiger charge is 2.41.